The molecule has 1 heterocycles. The Balaban J connectivity index is 1.52. The number of carbonyl (C=O) groups excluding carboxylic acids is 1. The van der Waals surface area contributed by atoms with E-state index < -0.39 is 0 Å². The number of ether oxygens (including phenoxy) is 1. The molecule has 5 heteroatoms. The smallest absolute Gasteiger partial charge is 0.237 e. The average Bonchev–Trinajstić information content (AvgIpc) is 2.81. The lowest BCUT2D eigenvalue weighted by Gasteiger charge is -2.27. The van der Waals surface area contributed by atoms with E-state index in [1.54, 1.807) is 6.20 Å². The van der Waals surface area contributed by atoms with Gasteiger partial charge in [-0.15, -0.1) is 0 Å². The molecule has 162 valence electrons. The summed E-state index contributed by atoms with van der Waals surface area (Å²) in [7, 11) is 1.82. The second-order valence-corrected chi connectivity index (χ2v) is 8.27. The van der Waals surface area contributed by atoms with Gasteiger partial charge in [0.25, 0.3) is 0 Å². The Morgan fingerprint density at radius 3 is 2.35 bits per heavy atom. The third-order valence-corrected chi connectivity index (χ3v) is 5.40. The van der Waals surface area contributed by atoms with Crippen molar-refractivity contribution in [1.29, 1.82) is 0 Å². The Hall–Kier alpha value is -3.18. The molecule has 1 unspecified atom stereocenters. The van der Waals surface area contributed by atoms with Crippen LogP contribution in [0.5, 0.6) is 5.75 Å². The minimum Gasteiger partial charge on any atom is -0.487 e. The number of benzene rings is 2. The van der Waals surface area contributed by atoms with Crippen LogP contribution in [0.1, 0.15) is 30.7 Å². The average molecular weight is 418 g/mol. The van der Waals surface area contributed by atoms with E-state index in [-0.39, 0.29) is 17.4 Å². The molecular weight excluding hydrogens is 386 g/mol. The number of nitrogens with one attached hydrogen (secondary N) is 2. The van der Waals surface area contributed by atoms with Gasteiger partial charge in [0.1, 0.15) is 12.4 Å². The zero-order valence-electron chi connectivity index (χ0n) is 18.5. The Morgan fingerprint density at radius 2 is 1.71 bits per heavy atom. The number of carbonyl (C=O) groups is 1. The molecule has 3 aromatic rings. The first-order valence-electron chi connectivity index (χ1n) is 10.6. The SMILES string of the molecule is CNC(Cc1ccc(OCc2ccccn2)cc1)C(=O)NCC(C)(C)c1ccccc1. The van der Waals surface area contributed by atoms with E-state index >= 15 is 0 Å². The van der Waals surface area contributed by atoms with Crippen LogP contribution in [0.25, 0.3) is 0 Å². The van der Waals surface area contributed by atoms with Crippen LogP contribution in [0.15, 0.2) is 79.0 Å². The van der Waals surface area contributed by atoms with Crippen LogP contribution < -0.4 is 15.4 Å². The lowest BCUT2D eigenvalue weighted by molar-refractivity contribution is -0.123. The maximum atomic E-state index is 12.8. The Kier molecular flexibility index (Phi) is 7.79. The van der Waals surface area contributed by atoms with E-state index in [0.29, 0.717) is 19.6 Å². The number of aromatic nitrogens is 1. The molecule has 31 heavy (non-hydrogen) atoms. The lowest BCUT2D eigenvalue weighted by Crippen LogP contribution is -2.47. The zero-order chi connectivity index (χ0) is 22.1. The fourth-order valence-electron chi connectivity index (χ4n) is 3.35. The summed E-state index contributed by atoms with van der Waals surface area (Å²) >= 11 is 0. The molecule has 1 aromatic heterocycles. The van der Waals surface area contributed by atoms with Crippen molar-refractivity contribution in [3.63, 3.8) is 0 Å². The van der Waals surface area contributed by atoms with Gasteiger partial charge in [0.05, 0.1) is 11.7 Å². The summed E-state index contributed by atoms with van der Waals surface area (Å²) in [5, 5.41) is 6.25. The van der Waals surface area contributed by atoms with Crippen molar-refractivity contribution in [2.45, 2.75) is 38.3 Å². The van der Waals surface area contributed by atoms with Gasteiger partial charge in [-0.25, -0.2) is 0 Å². The molecule has 0 aliphatic heterocycles. The minimum atomic E-state index is -0.299. The van der Waals surface area contributed by atoms with E-state index in [4.69, 9.17) is 4.74 Å². The molecule has 1 atom stereocenters. The molecule has 0 saturated heterocycles. The summed E-state index contributed by atoms with van der Waals surface area (Å²) < 4.78 is 5.79. The van der Waals surface area contributed by atoms with Crippen molar-refractivity contribution in [2.75, 3.05) is 13.6 Å². The van der Waals surface area contributed by atoms with Crippen LogP contribution in [0.4, 0.5) is 0 Å². The first-order valence-corrected chi connectivity index (χ1v) is 10.6. The summed E-state index contributed by atoms with van der Waals surface area (Å²) in [5.41, 5.74) is 3.03. The maximum Gasteiger partial charge on any atom is 0.237 e. The lowest BCUT2D eigenvalue weighted by atomic mass is 9.84. The van der Waals surface area contributed by atoms with Crippen LogP contribution in [0.3, 0.4) is 0 Å². The van der Waals surface area contributed by atoms with Gasteiger partial charge in [0, 0.05) is 18.2 Å². The van der Waals surface area contributed by atoms with Crippen molar-refractivity contribution in [3.05, 3.63) is 95.8 Å². The fourth-order valence-corrected chi connectivity index (χ4v) is 3.35. The minimum absolute atomic E-state index is 0.00184. The molecule has 0 radical (unpaired) electrons. The summed E-state index contributed by atoms with van der Waals surface area (Å²) in [4.78, 5) is 17.0. The summed E-state index contributed by atoms with van der Waals surface area (Å²) in [6.07, 6.45) is 2.36. The molecule has 0 bridgehead atoms. The van der Waals surface area contributed by atoms with E-state index in [2.05, 4.69) is 41.6 Å². The number of hydrogen-bond acceptors (Lipinski definition) is 4. The zero-order valence-corrected chi connectivity index (χ0v) is 18.5. The molecule has 0 aliphatic rings. The molecule has 0 fully saturated rings. The highest BCUT2D eigenvalue weighted by atomic mass is 16.5. The van der Waals surface area contributed by atoms with Gasteiger partial charge in [-0.3, -0.25) is 9.78 Å². The van der Waals surface area contributed by atoms with Crippen LogP contribution in [0.2, 0.25) is 0 Å². The maximum absolute atomic E-state index is 12.8. The van der Waals surface area contributed by atoms with Crippen molar-refractivity contribution < 1.29 is 9.53 Å². The molecule has 2 N–H and O–H groups in total. The van der Waals surface area contributed by atoms with E-state index in [9.17, 15) is 4.79 Å². The Labute approximate surface area is 184 Å². The number of amides is 1. The number of pyridine rings is 1. The van der Waals surface area contributed by atoms with Gasteiger partial charge in [-0.2, -0.15) is 0 Å². The summed E-state index contributed by atoms with van der Waals surface area (Å²) in [6, 6.07) is 23.6. The van der Waals surface area contributed by atoms with Gasteiger partial charge in [0.15, 0.2) is 0 Å². The molecule has 5 nitrogen and oxygen atoms in total. The van der Waals surface area contributed by atoms with Gasteiger partial charge in [-0.1, -0.05) is 62.4 Å². The van der Waals surface area contributed by atoms with Crippen LogP contribution in [-0.4, -0.2) is 30.5 Å². The standard InChI is InChI=1S/C26H31N3O2/c1-26(2,21-9-5-4-6-10-21)19-29-25(30)24(27-3)17-20-12-14-23(15-13-20)31-18-22-11-7-8-16-28-22/h4-16,24,27H,17-19H2,1-3H3,(H,29,30). The molecule has 3 rings (SSSR count). The van der Waals surface area contributed by atoms with Gasteiger partial charge in [-0.05, 0) is 48.9 Å². The molecule has 0 aliphatic carbocycles. The van der Waals surface area contributed by atoms with E-state index in [0.717, 1.165) is 17.0 Å². The molecule has 0 saturated carbocycles. The molecule has 0 spiro atoms. The first-order chi connectivity index (χ1) is 15.0. The number of rotatable bonds is 10. The quantitative estimate of drug-likeness (QED) is 0.525. The van der Waals surface area contributed by atoms with Crippen LogP contribution in [-0.2, 0) is 23.2 Å². The van der Waals surface area contributed by atoms with Crippen molar-refractivity contribution in [3.8, 4) is 5.75 Å². The second kappa shape index (κ2) is 10.7. The largest absolute Gasteiger partial charge is 0.487 e. The first kappa shape index (κ1) is 22.5. The Bertz CT molecular complexity index is 941. The highest BCUT2D eigenvalue weighted by Crippen LogP contribution is 2.22. The van der Waals surface area contributed by atoms with Gasteiger partial charge >= 0.3 is 0 Å². The predicted molar refractivity (Wildman–Crippen MR) is 124 cm³/mol. The summed E-state index contributed by atoms with van der Waals surface area (Å²) in [5.74, 6) is 0.784. The molecule has 2 aromatic carbocycles. The normalized spacial score (nSPS) is 12.2. The van der Waals surface area contributed by atoms with Crippen molar-refractivity contribution in [2.24, 2.45) is 0 Å². The number of hydrogen-bond donors (Lipinski definition) is 2. The van der Waals surface area contributed by atoms with Gasteiger partial charge < -0.3 is 15.4 Å². The third kappa shape index (κ3) is 6.66. The number of nitrogens with zero attached hydrogens (tertiary/aromatic N) is 1. The van der Waals surface area contributed by atoms with Crippen molar-refractivity contribution >= 4 is 5.91 Å². The van der Waals surface area contributed by atoms with Crippen molar-refractivity contribution in [1.82, 2.24) is 15.6 Å². The fraction of sp³-hybridized carbons (Fsp3) is 0.308. The molecular formula is C26H31N3O2. The predicted octanol–water partition coefficient (Wildman–Crippen LogP) is 3.89. The monoisotopic (exact) mass is 417 g/mol. The van der Waals surface area contributed by atoms with Gasteiger partial charge in [0.2, 0.25) is 5.91 Å². The van der Waals surface area contributed by atoms with E-state index in [1.165, 1.54) is 5.56 Å². The highest BCUT2D eigenvalue weighted by molar-refractivity contribution is 5.82. The topological polar surface area (TPSA) is 63.2 Å². The highest BCUT2D eigenvalue weighted by Gasteiger charge is 2.23. The third-order valence-electron chi connectivity index (χ3n) is 5.40. The summed E-state index contributed by atoms with van der Waals surface area (Å²) in [6.45, 7) is 5.29. The van der Waals surface area contributed by atoms with E-state index in [1.807, 2.05) is 67.7 Å². The second-order valence-electron chi connectivity index (χ2n) is 8.27. The van der Waals surface area contributed by atoms with Crippen LogP contribution >= 0.6 is 0 Å². The Morgan fingerprint density at radius 1 is 1.00 bits per heavy atom. The number of likely N-dealkylation sites (N-methyl/N-ethyl adjacent to an activating group) is 1. The van der Waals surface area contributed by atoms with Crippen LogP contribution in [0, 0.1) is 0 Å². The molecule has 1 amide bonds.